The van der Waals surface area contributed by atoms with Crippen LogP contribution in [0, 0.1) is 6.92 Å². The van der Waals surface area contributed by atoms with Crippen molar-refractivity contribution in [2.24, 2.45) is 0 Å². The zero-order chi connectivity index (χ0) is 14.4. The van der Waals surface area contributed by atoms with E-state index in [1.165, 1.54) is 12.1 Å². The molecule has 0 aromatic heterocycles. The zero-order valence-electron chi connectivity index (χ0n) is 11.0. The summed E-state index contributed by atoms with van der Waals surface area (Å²) in [4.78, 5) is 22.3. The number of hydrogen-bond donors (Lipinski definition) is 2. The number of nitrogens with one attached hydrogen (secondary N) is 1. The predicted molar refractivity (Wildman–Crippen MR) is 71.2 cm³/mol. The Hall–Kier alpha value is -2.30. The van der Waals surface area contributed by atoms with E-state index in [4.69, 9.17) is 9.84 Å². The van der Waals surface area contributed by atoms with Gasteiger partial charge in [-0.15, -0.1) is 0 Å². The van der Waals surface area contributed by atoms with Crippen LogP contribution in [0.4, 0.5) is 4.79 Å². The van der Waals surface area contributed by atoms with E-state index in [0.717, 1.165) is 11.1 Å². The molecule has 0 heterocycles. The highest BCUT2D eigenvalue weighted by Crippen LogP contribution is 2.19. The average Bonchev–Trinajstić information content (AvgIpc) is 2.36. The second-order valence-corrected chi connectivity index (χ2v) is 4.13. The topological polar surface area (TPSA) is 75.6 Å². The third-order valence-electron chi connectivity index (χ3n) is 2.66. The van der Waals surface area contributed by atoms with Crippen molar-refractivity contribution < 1.29 is 19.4 Å². The SMILES string of the molecule is C=CCOC(=O)NC(C)c1cc(C(=O)O)ccc1C. The molecule has 5 nitrogen and oxygen atoms in total. The van der Waals surface area contributed by atoms with Crippen LogP contribution in [0.25, 0.3) is 0 Å². The summed E-state index contributed by atoms with van der Waals surface area (Å²) in [6.07, 6.45) is 0.910. The number of carboxylic acids is 1. The van der Waals surface area contributed by atoms with Gasteiger partial charge in [0.05, 0.1) is 11.6 Å². The molecule has 0 spiro atoms. The van der Waals surface area contributed by atoms with Crippen molar-refractivity contribution in [1.29, 1.82) is 0 Å². The van der Waals surface area contributed by atoms with Crippen LogP contribution in [-0.2, 0) is 4.74 Å². The maximum atomic E-state index is 11.4. The van der Waals surface area contributed by atoms with Gasteiger partial charge in [0, 0.05) is 0 Å². The van der Waals surface area contributed by atoms with Gasteiger partial charge in [0.2, 0.25) is 0 Å². The van der Waals surface area contributed by atoms with Gasteiger partial charge in [-0.3, -0.25) is 0 Å². The molecule has 102 valence electrons. The Kier molecular flexibility index (Phi) is 5.11. The number of hydrogen-bond acceptors (Lipinski definition) is 3. The van der Waals surface area contributed by atoms with E-state index >= 15 is 0 Å². The van der Waals surface area contributed by atoms with E-state index in [1.807, 2.05) is 6.92 Å². The Morgan fingerprint density at radius 3 is 2.79 bits per heavy atom. The second kappa shape index (κ2) is 6.58. The minimum atomic E-state index is -0.998. The van der Waals surface area contributed by atoms with E-state index < -0.39 is 12.1 Å². The van der Waals surface area contributed by atoms with Gasteiger partial charge in [-0.05, 0) is 37.1 Å². The molecular weight excluding hydrogens is 246 g/mol. The standard InChI is InChI=1S/C14H17NO4/c1-4-7-19-14(18)15-10(3)12-8-11(13(16)17)6-5-9(12)2/h4-6,8,10H,1,7H2,2-3H3,(H,15,18)(H,16,17). The number of carbonyl (C=O) groups excluding carboxylic acids is 1. The van der Waals surface area contributed by atoms with Gasteiger partial charge >= 0.3 is 12.1 Å². The second-order valence-electron chi connectivity index (χ2n) is 4.13. The molecule has 1 unspecified atom stereocenters. The number of aromatic carboxylic acids is 1. The quantitative estimate of drug-likeness (QED) is 0.801. The zero-order valence-corrected chi connectivity index (χ0v) is 11.0. The summed E-state index contributed by atoms with van der Waals surface area (Å²) in [7, 11) is 0. The number of aryl methyl sites for hydroxylation is 1. The molecule has 0 fully saturated rings. The van der Waals surface area contributed by atoms with Crippen LogP contribution in [0.15, 0.2) is 30.9 Å². The number of ether oxygens (including phenoxy) is 1. The van der Waals surface area contributed by atoms with E-state index in [2.05, 4.69) is 11.9 Å². The van der Waals surface area contributed by atoms with E-state index in [-0.39, 0.29) is 18.2 Å². The molecule has 5 heteroatoms. The maximum Gasteiger partial charge on any atom is 0.407 e. The number of amides is 1. The van der Waals surface area contributed by atoms with Gasteiger partial charge in [0.1, 0.15) is 6.61 Å². The van der Waals surface area contributed by atoms with Crippen LogP contribution in [-0.4, -0.2) is 23.8 Å². The molecule has 1 amide bonds. The van der Waals surface area contributed by atoms with Crippen LogP contribution >= 0.6 is 0 Å². The first-order valence-electron chi connectivity index (χ1n) is 5.83. The average molecular weight is 263 g/mol. The summed E-state index contributed by atoms with van der Waals surface area (Å²) >= 11 is 0. The Morgan fingerprint density at radius 2 is 2.21 bits per heavy atom. The number of rotatable bonds is 5. The fourth-order valence-electron chi connectivity index (χ4n) is 1.67. The molecule has 1 rings (SSSR count). The highest BCUT2D eigenvalue weighted by Gasteiger charge is 2.14. The molecule has 19 heavy (non-hydrogen) atoms. The summed E-state index contributed by atoms with van der Waals surface area (Å²) in [5, 5.41) is 11.6. The fourth-order valence-corrected chi connectivity index (χ4v) is 1.67. The molecule has 0 aliphatic carbocycles. The molecule has 0 radical (unpaired) electrons. The summed E-state index contributed by atoms with van der Waals surface area (Å²) in [5.41, 5.74) is 1.84. The summed E-state index contributed by atoms with van der Waals surface area (Å²) in [5.74, 6) is -0.998. The van der Waals surface area contributed by atoms with Crippen LogP contribution < -0.4 is 5.32 Å². The first-order chi connectivity index (χ1) is 8.95. The summed E-state index contributed by atoms with van der Waals surface area (Å²) in [6.45, 7) is 7.20. The van der Waals surface area contributed by atoms with Crippen molar-refractivity contribution >= 4 is 12.1 Å². The van der Waals surface area contributed by atoms with Crippen molar-refractivity contribution in [1.82, 2.24) is 5.32 Å². The Balaban J connectivity index is 2.83. The van der Waals surface area contributed by atoms with Crippen LogP contribution in [0.5, 0.6) is 0 Å². The summed E-state index contributed by atoms with van der Waals surface area (Å²) in [6, 6.07) is 4.46. The molecule has 1 aromatic rings. The highest BCUT2D eigenvalue weighted by atomic mass is 16.5. The first-order valence-corrected chi connectivity index (χ1v) is 5.83. The smallest absolute Gasteiger partial charge is 0.407 e. The number of alkyl carbamates (subject to hydrolysis) is 1. The van der Waals surface area contributed by atoms with Crippen LogP contribution in [0.2, 0.25) is 0 Å². The summed E-state index contributed by atoms with van der Waals surface area (Å²) < 4.78 is 4.82. The van der Waals surface area contributed by atoms with Crippen LogP contribution in [0.3, 0.4) is 0 Å². The third kappa shape index (κ3) is 4.13. The Morgan fingerprint density at radius 1 is 1.53 bits per heavy atom. The van der Waals surface area contributed by atoms with E-state index in [1.54, 1.807) is 19.1 Å². The van der Waals surface area contributed by atoms with E-state index in [9.17, 15) is 9.59 Å². The maximum absolute atomic E-state index is 11.4. The van der Waals surface area contributed by atoms with Crippen LogP contribution in [0.1, 0.15) is 34.5 Å². The van der Waals surface area contributed by atoms with Gasteiger partial charge < -0.3 is 15.2 Å². The lowest BCUT2D eigenvalue weighted by Crippen LogP contribution is -2.28. The minimum absolute atomic E-state index is 0.132. The lowest BCUT2D eigenvalue weighted by Gasteiger charge is -2.16. The van der Waals surface area contributed by atoms with Gasteiger partial charge in [0.25, 0.3) is 0 Å². The largest absolute Gasteiger partial charge is 0.478 e. The Bertz CT molecular complexity index is 496. The molecule has 1 aromatic carbocycles. The Labute approximate surface area is 111 Å². The number of carbonyl (C=O) groups is 2. The predicted octanol–water partition coefficient (Wildman–Crippen LogP) is 2.67. The van der Waals surface area contributed by atoms with Gasteiger partial charge in [0.15, 0.2) is 0 Å². The van der Waals surface area contributed by atoms with Crippen molar-refractivity contribution in [2.45, 2.75) is 19.9 Å². The van der Waals surface area contributed by atoms with E-state index in [0.29, 0.717) is 0 Å². The molecule has 0 aliphatic rings. The molecule has 1 atom stereocenters. The molecule has 2 N–H and O–H groups in total. The monoisotopic (exact) mass is 263 g/mol. The van der Waals surface area contributed by atoms with Crippen molar-refractivity contribution in [2.75, 3.05) is 6.61 Å². The van der Waals surface area contributed by atoms with Crippen molar-refractivity contribution in [3.63, 3.8) is 0 Å². The highest BCUT2D eigenvalue weighted by molar-refractivity contribution is 5.88. The van der Waals surface area contributed by atoms with Crippen molar-refractivity contribution in [3.05, 3.63) is 47.5 Å². The van der Waals surface area contributed by atoms with Crippen molar-refractivity contribution in [3.8, 4) is 0 Å². The lowest BCUT2D eigenvalue weighted by molar-refractivity contribution is 0.0696. The van der Waals surface area contributed by atoms with Gasteiger partial charge in [-0.2, -0.15) is 0 Å². The van der Waals surface area contributed by atoms with Gasteiger partial charge in [-0.25, -0.2) is 9.59 Å². The normalized spacial score (nSPS) is 11.5. The molecular formula is C14H17NO4. The first kappa shape index (κ1) is 14.8. The molecule has 0 saturated heterocycles. The number of carboxylic acid groups (broad SMARTS) is 1. The van der Waals surface area contributed by atoms with Gasteiger partial charge in [-0.1, -0.05) is 18.7 Å². The molecule has 0 saturated carbocycles. The minimum Gasteiger partial charge on any atom is -0.478 e. The molecule has 0 bridgehead atoms. The third-order valence-corrected chi connectivity index (χ3v) is 2.66. The number of benzene rings is 1. The lowest BCUT2D eigenvalue weighted by atomic mass is 9.99. The fraction of sp³-hybridized carbons (Fsp3) is 0.286. The molecule has 0 aliphatic heterocycles.